The molecule has 0 radical (unpaired) electrons. The highest BCUT2D eigenvalue weighted by Gasteiger charge is 2.23. The van der Waals surface area contributed by atoms with Gasteiger partial charge in [-0.25, -0.2) is 0 Å². The summed E-state index contributed by atoms with van der Waals surface area (Å²) in [7, 11) is 0. The van der Waals surface area contributed by atoms with Gasteiger partial charge in [0.05, 0.1) is 6.10 Å². The molecule has 0 aromatic heterocycles. The van der Waals surface area contributed by atoms with Gasteiger partial charge in [-0.05, 0) is 24.2 Å². The van der Waals surface area contributed by atoms with E-state index in [4.69, 9.17) is 0 Å². The molecule has 0 saturated heterocycles. The molecule has 0 aromatic carbocycles. The zero-order chi connectivity index (χ0) is 10.6. The molecule has 1 N–H and O–H groups in total. The van der Waals surface area contributed by atoms with Crippen LogP contribution in [0.1, 0.15) is 59.3 Å². The summed E-state index contributed by atoms with van der Waals surface area (Å²) in [4.78, 5) is 0. The van der Waals surface area contributed by atoms with Crippen molar-refractivity contribution >= 4 is 0 Å². The molecule has 1 nitrogen and oxygen atoms in total. The van der Waals surface area contributed by atoms with E-state index in [2.05, 4.69) is 20.8 Å². The molecule has 0 aliphatic heterocycles. The van der Waals surface area contributed by atoms with E-state index in [1.807, 2.05) is 0 Å². The average molecular weight is 198 g/mol. The Morgan fingerprint density at radius 2 is 1.57 bits per heavy atom. The smallest absolute Gasteiger partial charge is 0.0565 e. The van der Waals surface area contributed by atoms with E-state index in [-0.39, 0.29) is 6.10 Å². The standard InChI is InChI=1S/C13H26O/c1-4-11-5-7-12(8-6-11)9-13(14)10(2)3/h10-14H,4-9H2,1-3H3. The Hall–Kier alpha value is -0.0400. The van der Waals surface area contributed by atoms with E-state index in [1.165, 1.54) is 32.1 Å². The molecule has 1 fully saturated rings. The van der Waals surface area contributed by atoms with Gasteiger partial charge in [0.25, 0.3) is 0 Å². The Balaban J connectivity index is 2.22. The average Bonchev–Trinajstić information content (AvgIpc) is 2.19. The minimum Gasteiger partial charge on any atom is -0.393 e. The number of aliphatic hydroxyl groups excluding tert-OH is 1. The first-order valence-electron chi connectivity index (χ1n) is 6.31. The third-order valence-electron chi connectivity index (χ3n) is 3.89. The lowest BCUT2D eigenvalue weighted by Crippen LogP contribution is -2.22. The van der Waals surface area contributed by atoms with Gasteiger partial charge in [0, 0.05) is 0 Å². The summed E-state index contributed by atoms with van der Waals surface area (Å²) in [6.07, 6.45) is 7.80. The maximum atomic E-state index is 9.80. The minimum atomic E-state index is -0.0711. The van der Waals surface area contributed by atoms with E-state index < -0.39 is 0 Å². The zero-order valence-electron chi connectivity index (χ0n) is 10.00. The molecule has 1 aliphatic carbocycles. The lowest BCUT2D eigenvalue weighted by atomic mass is 9.78. The summed E-state index contributed by atoms with van der Waals surface area (Å²) >= 11 is 0. The molecular formula is C13H26O. The molecule has 1 rings (SSSR count). The van der Waals surface area contributed by atoms with Gasteiger partial charge in [-0.1, -0.05) is 52.9 Å². The number of aliphatic hydroxyl groups is 1. The van der Waals surface area contributed by atoms with E-state index >= 15 is 0 Å². The van der Waals surface area contributed by atoms with Crippen LogP contribution >= 0.6 is 0 Å². The molecule has 0 bridgehead atoms. The maximum Gasteiger partial charge on any atom is 0.0565 e. The Kier molecular flexibility index (Phi) is 4.94. The topological polar surface area (TPSA) is 20.2 Å². The highest BCUT2D eigenvalue weighted by atomic mass is 16.3. The van der Waals surface area contributed by atoms with Crippen LogP contribution in [-0.4, -0.2) is 11.2 Å². The second-order valence-corrected chi connectivity index (χ2v) is 5.34. The Labute approximate surface area is 88.9 Å². The van der Waals surface area contributed by atoms with Crippen molar-refractivity contribution in [1.29, 1.82) is 0 Å². The molecule has 1 unspecified atom stereocenters. The van der Waals surface area contributed by atoms with Crippen molar-refractivity contribution < 1.29 is 5.11 Å². The van der Waals surface area contributed by atoms with Crippen LogP contribution < -0.4 is 0 Å². The van der Waals surface area contributed by atoms with Crippen LogP contribution in [0.25, 0.3) is 0 Å². The normalized spacial score (nSPS) is 30.6. The van der Waals surface area contributed by atoms with Crippen LogP contribution in [0.4, 0.5) is 0 Å². The molecule has 1 heteroatoms. The van der Waals surface area contributed by atoms with Crippen molar-refractivity contribution in [2.75, 3.05) is 0 Å². The molecule has 1 atom stereocenters. The summed E-state index contributed by atoms with van der Waals surface area (Å²) in [6, 6.07) is 0. The highest BCUT2D eigenvalue weighted by molar-refractivity contribution is 4.75. The molecule has 0 aromatic rings. The summed E-state index contributed by atoms with van der Waals surface area (Å²) in [5.74, 6) is 2.21. The number of hydrogen-bond acceptors (Lipinski definition) is 1. The van der Waals surface area contributed by atoms with Gasteiger partial charge in [0.2, 0.25) is 0 Å². The molecule has 14 heavy (non-hydrogen) atoms. The maximum absolute atomic E-state index is 9.80. The molecule has 1 saturated carbocycles. The molecular weight excluding hydrogens is 172 g/mol. The van der Waals surface area contributed by atoms with E-state index in [1.54, 1.807) is 0 Å². The SMILES string of the molecule is CCC1CCC(CC(O)C(C)C)CC1. The van der Waals surface area contributed by atoms with E-state index in [0.29, 0.717) is 5.92 Å². The van der Waals surface area contributed by atoms with Crippen molar-refractivity contribution in [1.82, 2.24) is 0 Å². The predicted octanol–water partition coefficient (Wildman–Crippen LogP) is 3.61. The number of rotatable bonds is 4. The van der Waals surface area contributed by atoms with Crippen molar-refractivity contribution in [3.05, 3.63) is 0 Å². The Morgan fingerprint density at radius 3 is 2.00 bits per heavy atom. The molecule has 0 heterocycles. The second-order valence-electron chi connectivity index (χ2n) is 5.34. The Bertz CT molecular complexity index is 145. The second kappa shape index (κ2) is 5.75. The molecule has 84 valence electrons. The minimum absolute atomic E-state index is 0.0711. The van der Waals surface area contributed by atoms with Crippen LogP contribution in [0, 0.1) is 17.8 Å². The summed E-state index contributed by atoms with van der Waals surface area (Å²) in [5, 5.41) is 9.80. The summed E-state index contributed by atoms with van der Waals surface area (Å²) in [5.41, 5.74) is 0. The summed E-state index contributed by atoms with van der Waals surface area (Å²) < 4.78 is 0. The molecule has 0 spiro atoms. The van der Waals surface area contributed by atoms with Crippen LogP contribution in [0.2, 0.25) is 0 Å². The molecule has 1 aliphatic rings. The first-order valence-corrected chi connectivity index (χ1v) is 6.31. The largest absolute Gasteiger partial charge is 0.393 e. The van der Waals surface area contributed by atoms with Crippen molar-refractivity contribution in [3.63, 3.8) is 0 Å². The fourth-order valence-electron chi connectivity index (χ4n) is 2.49. The van der Waals surface area contributed by atoms with E-state index in [0.717, 1.165) is 18.3 Å². The van der Waals surface area contributed by atoms with Crippen molar-refractivity contribution in [3.8, 4) is 0 Å². The lowest BCUT2D eigenvalue weighted by molar-refractivity contribution is 0.0836. The van der Waals surface area contributed by atoms with Crippen LogP contribution in [0.5, 0.6) is 0 Å². The third-order valence-corrected chi connectivity index (χ3v) is 3.89. The predicted molar refractivity (Wildman–Crippen MR) is 61.2 cm³/mol. The summed E-state index contributed by atoms with van der Waals surface area (Å²) in [6.45, 7) is 6.53. The quantitative estimate of drug-likeness (QED) is 0.731. The van der Waals surface area contributed by atoms with Gasteiger partial charge in [-0.2, -0.15) is 0 Å². The fourth-order valence-corrected chi connectivity index (χ4v) is 2.49. The van der Waals surface area contributed by atoms with Gasteiger partial charge < -0.3 is 5.11 Å². The zero-order valence-corrected chi connectivity index (χ0v) is 10.00. The monoisotopic (exact) mass is 198 g/mol. The first kappa shape index (κ1) is 12.0. The molecule has 0 amide bonds. The third kappa shape index (κ3) is 3.61. The van der Waals surface area contributed by atoms with Crippen LogP contribution in [0.3, 0.4) is 0 Å². The first-order chi connectivity index (χ1) is 6.63. The van der Waals surface area contributed by atoms with Gasteiger partial charge in [0.15, 0.2) is 0 Å². The van der Waals surface area contributed by atoms with Gasteiger partial charge in [0.1, 0.15) is 0 Å². The van der Waals surface area contributed by atoms with Gasteiger partial charge in [-0.15, -0.1) is 0 Å². The van der Waals surface area contributed by atoms with Gasteiger partial charge in [-0.3, -0.25) is 0 Å². The number of hydrogen-bond donors (Lipinski definition) is 1. The van der Waals surface area contributed by atoms with Crippen LogP contribution in [-0.2, 0) is 0 Å². The fraction of sp³-hybridized carbons (Fsp3) is 1.00. The van der Waals surface area contributed by atoms with Crippen molar-refractivity contribution in [2.45, 2.75) is 65.4 Å². The van der Waals surface area contributed by atoms with Crippen molar-refractivity contribution in [2.24, 2.45) is 17.8 Å². The highest BCUT2D eigenvalue weighted by Crippen LogP contribution is 2.33. The van der Waals surface area contributed by atoms with Gasteiger partial charge >= 0.3 is 0 Å². The Morgan fingerprint density at radius 1 is 1.07 bits per heavy atom. The lowest BCUT2D eigenvalue weighted by Gasteiger charge is -2.30. The van der Waals surface area contributed by atoms with E-state index in [9.17, 15) is 5.11 Å². The van der Waals surface area contributed by atoms with Crippen LogP contribution in [0.15, 0.2) is 0 Å².